The van der Waals surface area contributed by atoms with Gasteiger partial charge in [0.1, 0.15) is 6.94 Å². The van der Waals surface area contributed by atoms with Gasteiger partial charge in [0.05, 0.1) is 0 Å². The van der Waals surface area contributed by atoms with Crippen molar-refractivity contribution in [1.82, 2.24) is 6.15 Å². The van der Waals surface area contributed by atoms with Crippen LogP contribution in [0.4, 0.5) is 0 Å². The summed E-state index contributed by atoms with van der Waals surface area (Å²) < 4.78 is 0. The molecule has 3 N–H and O–H groups in total. The van der Waals surface area contributed by atoms with Gasteiger partial charge in [0, 0.05) is 0 Å². The molecule has 0 heterocycles. The van der Waals surface area contributed by atoms with E-state index in [2.05, 4.69) is 23.3 Å². The highest BCUT2D eigenvalue weighted by atomic mass is 32.3. The molecule has 0 aromatic carbocycles. The quantitative estimate of drug-likeness (QED) is 0.473. The van der Waals surface area contributed by atoms with Crippen LogP contribution in [0.2, 0.25) is 0 Å². The van der Waals surface area contributed by atoms with Gasteiger partial charge in [0.15, 0.2) is 0 Å². The maximum absolute atomic E-state index is 4.24. The second-order valence-corrected chi connectivity index (χ2v) is 2.25. The molecule has 0 atom stereocenters. The van der Waals surface area contributed by atoms with Crippen molar-refractivity contribution in [3.05, 3.63) is 0 Å². The summed E-state index contributed by atoms with van der Waals surface area (Å²) >= 11 is 8.47. The first-order valence-corrected chi connectivity index (χ1v) is 3.67. The van der Waals surface area contributed by atoms with Crippen molar-refractivity contribution in [2.75, 3.05) is 0 Å². The first-order chi connectivity index (χ1) is 1.41. The smallest absolute Gasteiger partial charge is 0.137 e. The molecule has 0 radical (unpaired) electrons. The highest BCUT2D eigenvalue weighted by molar-refractivity contribution is 8.03. The van der Waals surface area contributed by atoms with Gasteiger partial charge in [-0.1, -0.05) is 23.3 Å². The van der Waals surface area contributed by atoms with Gasteiger partial charge in [0.2, 0.25) is 0 Å². The zero-order valence-corrected chi connectivity index (χ0v) is 4.66. The predicted octanol–water partition coefficient (Wildman–Crippen LogP) is 1.08. The lowest BCUT2D eigenvalue weighted by Gasteiger charge is -0.971. The Morgan fingerprint density at radius 3 is 1.25 bits per heavy atom. The fourth-order valence-corrected chi connectivity index (χ4v) is 0. The van der Waals surface area contributed by atoms with E-state index in [4.69, 9.17) is 0 Å². The molecule has 0 bridgehead atoms. The Morgan fingerprint density at radius 1 is 1.25 bits per heavy atom. The van der Waals surface area contributed by atoms with Crippen molar-refractivity contribution in [2.24, 2.45) is 0 Å². The van der Waals surface area contributed by atoms with E-state index in [1.54, 1.807) is 0 Å². The van der Waals surface area contributed by atoms with Crippen LogP contribution in [0.3, 0.4) is 0 Å². The Labute approximate surface area is 36.9 Å². The lowest BCUT2D eigenvalue weighted by Crippen LogP contribution is -0.991. The van der Waals surface area contributed by atoms with Gasteiger partial charge in [-0.15, -0.1) is 0 Å². The van der Waals surface area contributed by atoms with Crippen LogP contribution in [0.1, 0.15) is 0 Å². The number of rotatable bonds is 0. The van der Waals surface area contributed by atoms with E-state index in [1.807, 2.05) is 0 Å². The summed E-state index contributed by atoms with van der Waals surface area (Å²) in [5.41, 5.74) is 0. The molecule has 0 aliphatic carbocycles. The molecule has 0 saturated carbocycles. The molecule has 0 spiro atoms. The van der Waals surface area contributed by atoms with Crippen molar-refractivity contribution in [3.63, 3.8) is 0 Å². The molecule has 0 amide bonds. The average molecular weight is 109 g/mol. The summed E-state index contributed by atoms with van der Waals surface area (Å²) in [6.07, 6.45) is 0. The van der Waals surface area contributed by atoms with Crippen LogP contribution < -0.4 is 6.15 Å². The first-order valence-electron chi connectivity index (χ1n) is 0.408. The Morgan fingerprint density at radius 2 is 1.25 bits per heavy atom. The summed E-state index contributed by atoms with van der Waals surface area (Å²) in [7, 11) is 0. The average Bonchev–Trinajstić information content (AvgIpc) is 0.918. The largest absolute Gasteiger partial charge is 0.344 e. The highest BCUT2D eigenvalue weighted by Gasteiger charge is 1.04. The molecule has 0 aromatic rings. The topological polar surface area (TPSA) is 35.0 Å². The Balaban J connectivity index is 0. The van der Waals surface area contributed by atoms with Crippen LogP contribution in [0.5, 0.6) is 0 Å². The maximum Gasteiger partial charge on any atom is 0.137 e. The third-order valence-electron chi connectivity index (χ3n) is 0. The van der Waals surface area contributed by atoms with Crippen LogP contribution in [0.25, 0.3) is 0 Å². The minimum absolute atomic E-state index is 0. The van der Waals surface area contributed by atoms with E-state index < -0.39 is 0 Å². The number of hydrogen-bond acceptors (Lipinski definition) is 3. The maximum atomic E-state index is 4.24. The molecule has 1 nitrogen and oxygen atoms in total. The van der Waals surface area contributed by atoms with E-state index in [1.165, 1.54) is 0 Å². The fraction of sp³-hybridized carbons (Fsp3) is 0. The Kier molecular flexibility index (Phi) is 20.9. The normalized spacial score (nSPS) is 2.00. The molecule has 24 valence electrons. The standard InChI is InChI=1S/H3N.S2Si/c;1-3-2/h1H3;. The van der Waals surface area contributed by atoms with Gasteiger partial charge < -0.3 is 6.15 Å². The van der Waals surface area contributed by atoms with Gasteiger partial charge in [-0.05, 0) is 0 Å². The predicted molar refractivity (Wildman–Crippen MR) is 26.0 cm³/mol. The highest BCUT2D eigenvalue weighted by Crippen LogP contribution is 1.26. The molecule has 4 heavy (non-hydrogen) atoms. The molecule has 4 heteroatoms. The monoisotopic (exact) mass is 109 g/mol. The number of hydrogen-bond donors (Lipinski definition) is 1. The van der Waals surface area contributed by atoms with Crippen molar-refractivity contribution >= 4 is 30.2 Å². The molecule has 0 saturated heterocycles. The van der Waals surface area contributed by atoms with Crippen molar-refractivity contribution in [3.8, 4) is 0 Å². The second kappa shape index (κ2) is 9.47. The van der Waals surface area contributed by atoms with Crippen LogP contribution in [-0.4, -0.2) is 6.94 Å². The lowest BCUT2D eigenvalue weighted by atomic mass is 14.0. The molecular formula is H3NS2Si. The summed E-state index contributed by atoms with van der Waals surface area (Å²) in [6, 6.07) is 0. The summed E-state index contributed by atoms with van der Waals surface area (Å²) in [5.74, 6) is 0. The fourth-order valence-electron chi connectivity index (χ4n) is 0. The minimum Gasteiger partial charge on any atom is -0.344 e. The lowest BCUT2D eigenvalue weighted by molar-refractivity contribution is 2.13. The summed E-state index contributed by atoms with van der Waals surface area (Å²) in [5, 5.41) is 0. The van der Waals surface area contributed by atoms with Gasteiger partial charge in [-0.25, -0.2) is 0 Å². The minimum atomic E-state index is 0. The van der Waals surface area contributed by atoms with Gasteiger partial charge in [0.25, 0.3) is 0 Å². The molecule has 0 aromatic heterocycles. The van der Waals surface area contributed by atoms with Crippen molar-refractivity contribution < 1.29 is 0 Å². The molecule has 0 fully saturated rings. The molecule has 0 unspecified atom stereocenters. The molecule has 0 aliphatic rings. The van der Waals surface area contributed by atoms with Gasteiger partial charge in [-0.3, -0.25) is 0 Å². The first kappa shape index (κ1) is 8.82. The second-order valence-electron chi connectivity index (χ2n) is 0.0833. The van der Waals surface area contributed by atoms with E-state index in [0.29, 0.717) is 0 Å². The SMILES string of the molecule is N.S=[Si]=S. The van der Waals surface area contributed by atoms with Crippen LogP contribution in [0.15, 0.2) is 0 Å². The third-order valence-corrected chi connectivity index (χ3v) is 0. The molecule has 0 rings (SSSR count). The van der Waals surface area contributed by atoms with Gasteiger partial charge >= 0.3 is 0 Å². The van der Waals surface area contributed by atoms with Crippen molar-refractivity contribution in [2.45, 2.75) is 0 Å². The Bertz CT molecular complexity index is 27.0. The molecular weight excluding hydrogens is 106 g/mol. The summed E-state index contributed by atoms with van der Waals surface area (Å²) in [6.45, 7) is 0.250. The zero-order valence-electron chi connectivity index (χ0n) is 2.02. The van der Waals surface area contributed by atoms with Crippen LogP contribution in [-0.2, 0) is 0 Å². The van der Waals surface area contributed by atoms with Crippen LogP contribution in [0, 0.1) is 0 Å². The van der Waals surface area contributed by atoms with Crippen LogP contribution >= 0.6 is 23.3 Å². The van der Waals surface area contributed by atoms with E-state index in [-0.39, 0.29) is 13.1 Å². The van der Waals surface area contributed by atoms with Gasteiger partial charge in [-0.2, -0.15) is 0 Å². The third kappa shape index (κ3) is 18.0. The zero-order chi connectivity index (χ0) is 2.71. The van der Waals surface area contributed by atoms with E-state index >= 15 is 0 Å². The Hall–Kier alpha value is 0.617. The van der Waals surface area contributed by atoms with E-state index in [9.17, 15) is 0 Å². The van der Waals surface area contributed by atoms with E-state index in [0.717, 1.165) is 0 Å². The summed E-state index contributed by atoms with van der Waals surface area (Å²) in [4.78, 5) is 0. The molecule has 0 aliphatic heterocycles. The van der Waals surface area contributed by atoms with Crippen molar-refractivity contribution in [1.29, 1.82) is 0 Å².